The maximum absolute atomic E-state index is 12.1. The highest BCUT2D eigenvalue weighted by Crippen LogP contribution is 2.53. The van der Waals surface area contributed by atoms with Gasteiger partial charge in [0.15, 0.2) is 35.4 Å². The van der Waals surface area contributed by atoms with E-state index in [0.29, 0.717) is 17.0 Å². The predicted octanol–water partition coefficient (Wildman–Crippen LogP) is 3.77. The molecule has 216 valence electrons. The van der Waals surface area contributed by atoms with Gasteiger partial charge in [0.05, 0.1) is 6.33 Å². The van der Waals surface area contributed by atoms with E-state index >= 15 is 0 Å². The van der Waals surface area contributed by atoms with Gasteiger partial charge in [-0.3, -0.25) is 19.0 Å². The molecule has 1 saturated carbocycles. The standard InChI is InChI=1S/C28H30ClN5O7/c1-15(35)38-12-20-22(39-16(2)36)23(40-17(3)37)26(41-20)34-14-30-21-24(31-27(29)32-25(21)34)33-13-28(10-6-7-11-28)18-8-4-5-9-19(18)33/h4-5,8-9,14,20,22-23,26H,6-7,10-13H2,1-3H3/t20-,22-,23-,26-/m1/s1. The van der Waals surface area contributed by atoms with E-state index in [4.69, 9.17) is 30.5 Å². The molecule has 1 aromatic carbocycles. The van der Waals surface area contributed by atoms with Gasteiger partial charge in [0, 0.05) is 38.4 Å². The first-order valence-electron chi connectivity index (χ1n) is 13.6. The fourth-order valence-electron chi connectivity index (χ4n) is 6.47. The SMILES string of the molecule is CC(=O)OC[C@H]1O[C@@H](n2cnc3c(N4CC5(CCCC5)c5ccccc54)nc(Cl)nc32)[C@H](OC(C)=O)[C@@H]1OC(C)=O. The minimum absolute atomic E-state index is 0.00846. The van der Waals surface area contributed by atoms with Crippen LogP contribution in [-0.2, 0) is 38.7 Å². The van der Waals surface area contributed by atoms with E-state index in [1.165, 1.54) is 45.5 Å². The van der Waals surface area contributed by atoms with E-state index in [1.54, 1.807) is 4.57 Å². The topological polar surface area (TPSA) is 135 Å². The zero-order chi connectivity index (χ0) is 28.9. The smallest absolute Gasteiger partial charge is 0.303 e. The van der Waals surface area contributed by atoms with Crippen LogP contribution in [-0.4, -0.2) is 68.9 Å². The highest BCUT2D eigenvalue weighted by molar-refractivity contribution is 6.28. The van der Waals surface area contributed by atoms with E-state index in [9.17, 15) is 14.4 Å². The van der Waals surface area contributed by atoms with E-state index in [0.717, 1.165) is 25.1 Å². The first-order valence-corrected chi connectivity index (χ1v) is 13.9. The number of imidazole rings is 1. The van der Waals surface area contributed by atoms with Crippen molar-refractivity contribution in [2.75, 3.05) is 18.1 Å². The van der Waals surface area contributed by atoms with Crippen LogP contribution in [0, 0.1) is 0 Å². The number of hydrogen-bond acceptors (Lipinski definition) is 11. The summed E-state index contributed by atoms with van der Waals surface area (Å²) in [7, 11) is 0. The number of aromatic nitrogens is 4. The Balaban J connectivity index is 1.43. The molecule has 1 spiro atoms. The molecule has 2 aliphatic heterocycles. The van der Waals surface area contributed by atoms with Crippen molar-refractivity contribution in [1.29, 1.82) is 0 Å². The quantitative estimate of drug-likeness (QED) is 0.238. The molecule has 6 rings (SSSR count). The number of fused-ring (bicyclic) bond motifs is 3. The third-order valence-electron chi connectivity index (χ3n) is 8.03. The van der Waals surface area contributed by atoms with E-state index in [1.807, 2.05) is 6.07 Å². The lowest BCUT2D eigenvalue weighted by atomic mass is 9.81. The highest BCUT2D eigenvalue weighted by atomic mass is 35.5. The number of para-hydroxylation sites is 1. The fraction of sp³-hybridized carbons (Fsp3) is 0.500. The zero-order valence-corrected chi connectivity index (χ0v) is 23.7. The van der Waals surface area contributed by atoms with Gasteiger partial charge in [0.1, 0.15) is 12.7 Å². The average Bonchev–Trinajstić information content (AvgIpc) is 3.69. The second kappa shape index (κ2) is 10.6. The molecule has 3 aromatic rings. The van der Waals surface area contributed by atoms with Gasteiger partial charge in [-0.2, -0.15) is 9.97 Å². The average molecular weight is 584 g/mol. The van der Waals surface area contributed by atoms with Crippen LogP contribution in [0.25, 0.3) is 11.2 Å². The predicted molar refractivity (Wildman–Crippen MR) is 146 cm³/mol. The number of anilines is 2. The minimum Gasteiger partial charge on any atom is -0.463 e. The molecule has 0 N–H and O–H groups in total. The summed E-state index contributed by atoms with van der Waals surface area (Å²) in [5.41, 5.74) is 3.23. The Morgan fingerprint density at radius 2 is 1.73 bits per heavy atom. The van der Waals surface area contributed by atoms with Crippen molar-refractivity contribution in [2.24, 2.45) is 0 Å². The molecular formula is C28H30ClN5O7. The van der Waals surface area contributed by atoms with Crippen molar-refractivity contribution >= 4 is 52.2 Å². The van der Waals surface area contributed by atoms with Crippen molar-refractivity contribution in [3.05, 3.63) is 41.4 Å². The summed E-state index contributed by atoms with van der Waals surface area (Å²) in [5, 5.41) is 0.00846. The fourth-order valence-corrected chi connectivity index (χ4v) is 6.63. The van der Waals surface area contributed by atoms with Gasteiger partial charge in [-0.05, 0) is 36.1 Å². The molecule has 41 heavy (non-hydrogen) atoms. The van der Waals surface area contributed by atoms with Crippen LogP contribution in [0.3, 0.4) is 0 Å². The zero-order valence-electron chi connectivity index (χ0n) is 22.9. The molecule has 3 aliphatic rings. The number of carbonyl (C=O) groups excluding carboxylic acids is 3. The molecule has 0 radical (unpaired) electrons. The van der Waals surface area contributed by atoms with Crippen LogP contribution in [0.5, 0.6) is 0 Å². The number of carbonyl (C=O) groups is 3. The van der Waals surface area contributed by atoms with Crippen molar-refractivity contribution in [1.82, 2.24) is 19.5 Å². The molecule has 4 heterocycles. The van der Waals surface area contributed by atoms with Gasteiger partial charge in [0.25, 0.3) is 0 Å². The Morgan fingerprint density at radius 3 is 2.44 bits per heavy atom. The molecule has 4 atom stereocenters. The number of rotatable bonds is 6. The van der Waals surface area contributed by atoms with Crippen LogP contribution < -0.4 is 4.90 Å². The third-order valence-corrected chi connectivity index (χ3v) is 8.20. The Hall–Kier alpha value is -3.77. The first-order chi connectivity index (χ1) is 19.7. The Bertz CT molecular complexity index is 1520. The summed E-state index contributed by atoms with van der Waals surface area (Å²) in [6, 6.07) is 8.35. The molecule has 13 heteroatoms. The monoisotopic (exact) mass is 583 g/mol. The molecule has 0 bridgehead atoms. The van der Waals surface area contributed by atoms with Crippen LogP contribution >= 0.6 is 11.6 Å². The maximum atomic E-state index is 12.1. The number of benzene rings is 1. The van der Waals surface area contributed by atoms with E-state index < -0.39 is 42.4 Å². The number of ether oxygens (including phenoxy) is 4. The van der Waals surface area contributed by atoms with Crippen molar-refractivity contribution < 1.29 is 33.3 Å². The molecule has 12 nitrogen and oxygen atoms in total. The van der Waals surface area contributed by atoms with Crippen LogP contribution in [0.15, 0.2) is 30.6 Å². The minimum atomic E-state index is -1.08. The summed E-state index contributed by atoms with van der Waals surface area (Å²) < 4.78 is 24.0. The summed E-state index contributed by atoms with van der Waals surface area (Å²) in [4.78, 5) is 51.5. The third kappa shape index (κ3) is 4.88. The van der Waals surface area contributed by atoms with Crippen LogP contribution in [0.4, 0.5) is 11.5 Å². The molecule has 1 saturated heterocycles. The van der Waals surface area contributed by atoms with E-state index in [-0.39, 0.29) is 17.3 Å². The lowest BCUT2D eigenvalue weighted by Crippen LogP contribution is -2.40. The van der Waals surface area contributed by atoms with Crippen molar-refractivity contribution in [2.45, 2.75) is 76.4 Å². The van der Waals surface area contributed by atoms with Gasteiger partial charge in [-0.1, -0.05) is 31.0 Å². The van der Waals surface area contributed by atoms with Gasteiger partial charge in [-0.25, -0.2) is 4.98 Å². The van der Waals surface area contributed by atoms with E-state index in [2.05, 4.69) is 38.1 Å². The second-order valence-corrected chi connectivity index (χ2v) is 11.1. The Labute approximate surface area is 240 Å². The molecule has 1 aliphatic carbocycles. The molecule has 2 fully saturated rings. The summed E-state index contributed by atoms with van der Waals surface area (Å²) in [5.74, 6) is -1.20. The summed E-state index contributed by atoms with van der Waals surface area (Å²) >= 11 is 6.50. The number of hydrogen-bond donors (Lipinski definition) is 0. The summed E-state index contributed by atoms with van der Waals surface area (Å²) in [6.07, 6.45) is 1.97. The molecule has 0 unspecified atom stereocenters. The van der Waals surface area contributed by atoms with Gasteiger partial charge >= 0.3 is 17.9 Å². The first kappa shape index (κ1) is 27.4. The van der Waals surface area contributed by atoms with Gasteiger partial charge in [0.2, 0.25) is 5.28 Å². The number of nitrogens with zero attached hydrogens (tertiary/aromatic N) is 5. The highest BCUT2D eigenvalue weighted by Gasteiger charge is 2.51. The van der Waals surface area contributed by atoms with Crippen molar-refractivity contribution in [3.8, 4) is 0 Å². The molecule has 2 aromatic heterocycles. The van der Waals surface area contributed by atoms with Gasteiger partial charge in [-0.15, -0.1) is 0 Å². The van der Waals surface area contributed by atoms with Crippen LogP contribution in [0.2, 0.25) is 5.28 Å². The largest absolute Gasteiger partial charge is 0.463 e. The van der Waals surface area contributed by atoms with Gasteiger partial charge < -0.3 is 23.8 Å². The lowest BCUT2D eigenvalue weighted by Gasteiger charge is -2.25. The maximum Gasteiger partial charge on any atom is 0.303 e. The second-order valence-electron chi connectivity index (χ2n) is 10.7. The number of esters is 3. The normalized spacial score (nSPS) is 24.5. The van der Waals surface area contributed by atoms with Crippen molar-refractivity contribution in [3.63, 3.8) is 0 Å². The van der Waals surface area contributed by atoms with Crippen LogP contribution in [0.1, 0.15) is 58.2 Å². The Morgan fingerprint density at radius 1 is 1.02 bits per heavy atom. The molecule has 0 amide bonds. The summed E-state index contributed by atoms with van der Waals surface area (Å²) in [6.45, 7) is 4.26. The Kier molecular flexibility index (Phi) is 7.06. The molecular weight excluding hydrogens is 554 g/mol. The lowest BCUT2D eigenvalue weighted by molar-refractivity contribution is -0.166. The number of halogens is 1.